The molecule has 21 heavy (non-hydrogen) atoms. The number of ether oxygens (including phenoxy) is 2. The monoisotopic (exact) mass is 286 g/mol. The smallest absolute Gasteiger partial charge is 0.158 e. The molecule has 1 aromatic rings. The van der Waals surface area contributed by atoms with E-state index in [1.165, 1.54) is 17.5 Å². The predicted molar refractivity (Wildman–Crippen MR) is 86.3 cm³/mol. The molecule has 1 unspecified atom stereocenters. The standard InChI is InChI=1S/C19H26O2/c1-15-10-11-17(19(2,3)4)14-16(15)8-7-13-21-18-9-5-6-12-20-18/h10-11,14,18H,5-6,9,12-13H2,1-4H3. The minimum absolute atomic E-state index is 0.0601. The van der Waals surface area contributed by atoms with E-state index in [-0.39, 0.29) is 11.7 Å². The van der Waals surface area contributed by atoms with Crippen molar-refractivity contribution in [3.8, 4) is 11.8 Å². The normalized spacial score (nSPS) is 19.0. The molecular weight excluding hydrogens is 260 g/mol. The van der Waals surface area contributed by atoms with Crippen LogP contribution in [0.15, 0.2) is 18.2 Å². The molecule has 1 saturated heterocycles. The molecule has 1 aromatic carbocycles. The van der Waals surface area contributed by atoms with Gasteiger partial charge < -0.3 is 9.47 Å². The predicted octanol–water partition coefficient (Wildman–Crippen LogP) is 4.19. The molecule has 0 aromatic heterocycles. The van der Waals surface area contributed by atoms with Crippen LogP contribution in [0.4, 0.5) is 0 Å². The van der Waals surface area contributed by atoms with Crippen LogP contribution in [0.25, 0.3) is 0 Å². The minimum atomic E-state index is -0.0601. The average molecular weight is 286 g/mol. The van der Waals surface area contributed by atoms with E-state index in [9.17, 15) is 0 Å². The highest BCUT2D eigenvalue weighted by Crippen LogP contribution is 2.24. The van der Waals surface area contributed by atoms with Crippen LogP contribution < -0.4 is 0 Å². The van der Waals surface area contributed by atoms with Crippen LogP contribution >= 0.6 is 0 Å². The zero-order valence-electron chi connectivity index (χ0n) is 13.7. The van der Waals surface area contributed by atoms with Gasteiger partial charge in [0.1, 0.15) is 6.61 Å². The number of hydrogen-bond donors (Lipinski definition) is 0. The summed E-state index contributed by atoms with van der Waals surface area (Å²) in [6.45, 7) is 10.0. The maximum Gasteiger partial charge on any atom is 0.158 e. The van der Waals surface area contributed by atoms with Crippen LogP contribution in [0.3, 0.4) is 0 Å². The molecule has 0 aliphatic carbocycles. The van der Waals surface area contributed by atoms with Crippen molar-refractivity contribution in [1.82, 2.24) is 0 Å². The van der Waals surface area contributed by atoms with Gasteiger partial charge in [0.05, 0.1) is 0 Å². The third-order valence-electron chi connectivity index (χ3n) is 3.81. The highest BCUT2D eigenvalue weighted by Gasteiger charge is 2.14. The SMILES string of the molecule is Cc1ccc(C(C)(C)C)cc1C#CCOC1CCCCO1. The number of aryl methyl sites for hydroxylation is 1. The van der Waals surface area contributed by atoms with Gasteiger partial charge in [0, 0.05) is 12.2 Å². The molecule has 2 rings (SSSR count). The molecule has 1 heterocycles. The first-order valence-electron chi connectivity index (χ1n) is 7.80. The van der Waals surface area contributed by atoms with Crippen LogP contribution in [0.5, 0.6) is 0 Å². The Morgan fingerprint density at radius 1 is 1.29 bits per heavy atom. The highest BCUT2D eigenvalue weighted by atomic mass is 16.7. The summed E-state index contributed by atoms with van der Waals surface area (Å²) in [7, 11) is 0. The zero-order valence-corrected chi connectivity index (χ0v) is 13.7. The van der Waals surface area contributed by atoms with Crippen LogP contribution in [-0.2, 0) is 14.9 Å². The molecule has 114 valence electrons. The van der Waals surface area contributed by atoms with Gasteiger partial charge in [-0.2, -0.15) is 0 Å². The molecular formula is C19H26O2. The van der Waals surface area contributed by atoms with Crippen molar-refractivity contribution in [2.24, 2.45) is 0 Å². The Balaban J connectivity index is 1.97. The van der Waals surface area contributed by atoms with Crippen LogP contribution in [0.1, 0.15) is 56.7 Å². The van der Waals surface area contributed by atoms with Gasteiger partial charge in [0.15, 0.2) is 6.29 Å². The quantitative estimate of drug-likeness (QED) is 0.759. The van der Waals surface area contributed by atoms with Gasteiger partial charge >= 0.3 is 0 Å². The van der Waals surface area contributed by atoms with E-state index in [0.29, 0.717) is 6.61 Å². The molecule has 0 N–H and O–H groups in total. The fraction of sp³-hybridized carbons (Fsp3) is 0.579. The third-order valence-corrected chi connectivity index (χ3v) is 3.81. The maximum absolute atomic E-state index is 5.65. The van der Waals surface area contributed by atoms with Gasteiger partial charge in [-0.05, 0) is 48.8 Å². The lowest BCUT2D eigenvalue weighted by Gasteiger charge is -2.21. The summed E-state index contributed by atoms with van der Waals surface area (Å²) < 4.78 is 11.2. The van der Waals surface area contributed by atoms with Crippen molar-refractivity contribution >= 4 is 0 Å². The molecule has 1 atom stereocenters. The molecule has 0 radical (unpaired) electrons. The van der Waals surface area contributed by atoms with E-state index in [1.54, 1.807) is 0 Å². The largest absolute Gasteiger partial charge is 0.353 e. The third kappa shape index (κ3) is 4.88. The molecule has 2 heteroatoms. The van der Waals surface area contributed by atoms with E-state index >= 15 is 0 Å². The van der Waals surface area contributed by atoms with E-state index in [0.717, 1.165) is 25.0 Å². The fourth-order valence-electron chi connectivity index (χ4n) is 2.33. The lowest BCUT2D eigenvalue weighted by atomic mass is 9.85. The van der Waals surface area contributed by atoms with Gasteiger partial charge in [-0.25, -0.2) is 0 Å². The van der Waals surface area contributed by atoms with E-state index in [1.807, 2.05) is 0 Å². The van der Waals surface area contributed by atoms with Gasteiger partial charge in [0.25, 0.3) is 0 Å². The van der Waals surface area contributed by atoms with Crippen molar-refractivity contribution in [2.75, 3.05) is 13.2 Å². The second-order valence-electron chi connectivity index (χ2n) is 6.69. The van der Waals surface area contributed by atoms with Gasteiger partial charge in [-0.3, -0.25) is 0 Å². The Morgan fingerprint density at radius 2 is 2.10 bits per heavy atom. The number of hydrogen-bond acceptors (Lipinski definition) is 2. The fourth-order valence-corrected chi connectivity index (χ4v) is 2.33. The van der Waals surface area contributed by atoms with Crippen LogP contribution in [-0.4, -0.2) is 19.5 Å². The summed E-state index contributed by atoms with van der Waals surface area (Å²) in [6.07, 6.45) is 3.25. The van der Waals surface area contributed by atoms with E-state index in [2.05, 4.69) is 57.7 Å². The zero-order chi connectivity index (χ0) is 15.3. The second-order valence-corrected chi connectivity index (χ2v) is 6.69. The highest BCUT2D eigenvalue weighted by molar-refractivity contribution is 5.44. The van der Waals surface area contributed by atoms with Crippen LogP contribution in [0, 0.1) is 18.8 Å². The van der Waals surface area contributed by atoms with Crippen molar-refractivity contribution in [1.29, 1.82) is 0 Å². The second kappa shape index (κ2) is 7.11. The van der Waals surface area contributed by atoms with Crippen molar-refractivity contribution in [3.05, 3.63) is 34.9 Å². The minimum Gasteiger partial charge on any atom is -0.353 e. The molecule has 1 aliphatic rings. The lowest BCUT2D eigenvalue weighted by Crippen LogP contribution is -2.22. The molecule has 1 aliphatic heterocycles. The van der Waals surface area contributed by atoms with Crippen molar-refractivity contribution < 1.29 is 9.47 Å². The molecule has 0 amide bonds. The summed E-state index contributed by atoms with van der Waals surface area (Å²) >= 11 is 0. The summed E-state index contributed by atoms with van der Waals surface area (Å²) in [6, 6.07) is 6.53. The molecule has 2 nitrogen and oxygen atoms in total. The summed E-state index contributed by atoms with van der Waals surface area (Å²) in [5.41, 5.74) is 3.77. The summed E-state index contributed by atoms with van der Waals surface area (Å²) in [5, 5.41) is 0. The first-order valence-corrected chi connectivity index (χ1v) is 7.80. The summed E-state index contributed by atoms with van der Waals surface area (Å²) in [5.74, 6) is 6.35. The molecule has 1 fully saturated rings. The Morgan fingerprint density at radius 3 is 2.76 bits per heavy atom. The summed E-state index contributed by atoms with van der Waals surface area (Å²) in [4.78, 5) is 0. The number of rotatable bonds is 2. The van der Waals surface area contributed by atoms with E-state index in [4.69, 9.17) is 9.47 Å². The Kier molecular flexibility index (Phi) is 5.45. The Hall–Kier alpha value is -1.30. The Labute approximate surface area is 128 Å². The van der Waals surface area contributed by atoms with Gasteiger partial charge in [0.2, 0.25) is 0 Å². The molecule has 0 spiro atoms. The first-order chi connectivity index (χ1) is 9.97. The Bertz CT molecular complexity index is 523. The molecule has 0 bridgehead atoms. The van der Waals surface area contributed by atoms with Crippen molar-refractivity contribution in [3.63, 3.8) is 0 Å². The molecule has 0 saturated carbocycles. The first kappa shape index (κ1) is 16.1. The topological polar surface area (TPSA) is 18.5 Å². The number of benzene rings is 1. The van der Waals surface area contributed by atoms with Crippen LogP contribution in [0.2, 0.25) is 0 Å². The van der Waals surface area contributed by atoms with E-state index < -0.39 is 0 Å². The maximum atomic E-state index is 5.65. The average Bonchev–Trinajstić information content (AvgIpc) is 2.45. The van der Waals surface area contributed by atoms with Crippen molar-refractivity contribution in [2.45, 2.75) is 58.7 Å². The van der Waals surface area contributed by atoms with Gasteiger partial charge in [-0.15, -0.1) is 0 Å². The van der Waals surface area contributed by atoms with Gasteiger partial charge in [-0.1, -0.05) is 44.7 Å². The lowest BCUT2D eigenvalue weighted by molar-refractivity contribution is -0.154.